The Balaban J connectivity index is 1.54. The molecule has 0 aromatic heterocycles. The van der Waals surface area contributed by atoms with E-state index in [1.165, 1.54) is 35.2 Å². The van der Waals surface area contributed by atoms with Crippen LogP contribution < -0.4 is 10.2 Å². The number of benzene rings is 2. The van der Waals surface area contributed by atoms with E-state index in [1.54, 1.807) is 18.2 Å². The van der Waals surface area contributed by atoms with Crippen LogP contribution in [0.1, 0.15) is 40.5 Å². The standard InChI is InChI=1S/C23H20N2O5/c1-13-5-10-18-19(11-13)22(28)25(21(18)27)17-4-2-3-15(12-17)20(26)24-16-8-6-14(7-9-16)23(29)30/h2-9,12,18-19H,10-11H2,1H3,(H,24,26)(H,29,30)/t18-,19+/m1/s1. The van der Waals surface area contributed by atoms with Crippen LogP contribution in [0, 0.1) is 11.8 Å². The average Bonchev–Trinajstić information content (AvgIpc) is 2.98. The summed E-state index contributed by atoms with van der Waals surface area (Å²) < 4.78 is 0. The fourth-order valence-electron chi connectivity index (χ4n) is 3.98. The molecule has 30 heavy (non-hydrogen) atoms. The molecule has 2 aromatic carbocycles. The van der Waals surface area contributed by atoms with Crippen LogP contribution in [0.4, 0.5) is 11.4 Å². The van der Waals surface area contributed by atoms with Crippen LogP contribution in [0.2, 0.25) is 0 Å². The number of nitrogens with zero attached hydrogens (tertiary/aromatic N) is 1. The molecule has 1 fully saturated rings. The number of carboxylic acids is 1. The van der Waals surface area contributed by atoms with Gasteiger partial charge in [-0.15, -0.1) is 0 Å². The predicted molar refractivity (Wildman–Crippen MR) is 110 cm³/mol. The number of aromatic carboxylic acids is 1. The molecule has 2 N–H and O–H groups in total. The van der Waals surface area contributed by atoms with Crippen molar-refractivity contribution in [3.8, 4) is 0 Å². The topological polar surface area (TPSA) is 104 Å². The molecule has 0 spiro atoms. The number of amides is 3. The van der Waals surface area contributed by atoms with Crippen molar-refractivity contribution >= 4 is 35.1 Å². The Labute approximate surface area is 173 Å². The van der Waals surface area contributed by atoms with Crippen molar-refractivity contribution in [1.29, 1.82) is 0 Å². The number of fused-ring (bicyclic) bond motifs is 1. The van der Waals surface area contributed by atoms with Crippen molar-refractivity contribution in [1.82, 2.24) is 0 Å². The third-order valence-corrected chi connectivity index (χ3v) is 5.58. The molecule has 2 aliphatic rings. The van der Waals surface area contributed by atoms with Gasteiger partial charge in [0.1, 0.15) is 0 Å². The average molecular weight is 404 g/mol. The molecule has 7 heteroatoms. The maximum Gasteiger partial charge on any atom is 0.335 e. The maximum atomic E-state index is 12.9. The molecule has 3 amide bonds. The smallest absolute Gasteiger partial charge is 0.335 e. The van der Waals surface area contributed by atoms with E-state index >= 15 is 0 Å². The Morgan fingerprint density at radius 1 is 1.00 bits per heavy atom. The van der Waals surface area contributed by atoms with Gasteiger partial charge in [0.2, 0.25) is 11.8 Å². The summed E-state index contributed by atoms with van der Waals surface area (Å²) in [5, 5.41) is 11.6. The zero-order valence-corrected chi connectivity index (χ0v) is 16.3. The zero-order chi connectivity index (χ0) is 21.4. The van der Waals surface area contributed by atoms with Gasteiger partial charge in [0.25, 0.3) is 5.91 Å². The zero-order valence-electron chi connectivity index (χ0n) is 16.3. The van der Waals surface area contributed by atoms with Crippen LogP contribution >= 0.6 is 0 Å². The summed E-state index contributed by atoms with van der Waals surface area (Å²) in [4.78, 5) is 50.5. The lowest BCUT2D eigenvalue weighted by Gasteiger charge is -2.18. The molecular weight excluding hydrogens is 384 g/mol. The second kappa shape index (κ2) is 7.59. The molecule has 2 atom stereocenters. The highest BCUT2D eigenvalue weighted by molar-refractivity contribution is 6.22. The third kappa shape index (κ3) is 3.50. The highest BCUT2D eigenvalue weighted by Gasteiger charge is 2.48. The van der Waals surface area contributed by atoms with Crippen LogP contribution in [0.25, 0.3) is 0 Å². The molecule has 1 saturated heterocycles. The number of imide groups is 1. The summed E-state index contributed by atoms with van der Waals surface area (Å²) in [5.41, 5.74) is 2.34. The van der Waals surface area contributed by atoms with Crippen molar-refractivity contribution in [2.45, 2.75) is 19.8 Å². The van der Waals surface area contributed by atoms with Crippen LogP contribution in [0.15, 0.2) is 60.2 Å². The molecule has 1 aliphatic carbocycles. The van der Waals surface area contributed by atoms with Gasteiger partial charge in [-0.2, -0.15) is 0 Å². The van der Waals surface area contributed by atoms with Gasteiger partial charge >= 0.3 is 5.97 Å². The van der Waals surface area contributed by atoms with Crippen molar-refractivity contribution in [2.24, 2.45) is 11.8 Å². The molecule has 7 nitrogen and oxygen atoms in total. The lowest BCUT2D eigenvalue weighted by molar-refractivity contribution is -0.122. The first-order chi connectivity index (χ1) is 14.3. The molecule has 1 aliphatic heterocycles. The molecule has 0 unspecified atom stereocenters. The minimum atomic E-state index is -1.05. The minimum absolute atomic E-state index is 0.118. The minimum Gasteiger partial charge on any atom is -0.478 e. The Bertz CT molecular complexity index is 1090. The highest BCUT2D eigenvalue weighted by atomic mass is 16.4. The SMILES string of the molecule is CC1=CC[C@H]2C(=O)N(c3cccc(C(=O)Nc4ccc(C(=O)O)cc4)c3)C(=O)[C@H]2C1. The van der Waals surface area contributed by atoms with Crippen LogP contribution in [0.3, 0.4) is 0 Å². The van der Waals surface area contributed by atoms with Crippen LogP contribution in [0.5, 0.6) is 0 Å². The summed E-state index contributed by atoms with van der Waals surface area (Å²) in [6, 6.07) is 12.2. The van der Waals surface area contributed by atoms with Crippen molar-refractivity contribution in [3.05, 3.63) is 71.3 Å². The maximum absolute atomic E-state index is 12.9. The first-order valence-corrected chi connectivity index (χ1v) is 9.63. The van der Waals surface area contributed by atoms with E-state index in [0.717, 1.165) is 5.57 Å². The van der Waals surface area contributed by atoms with Gasteiger partial charge in [0, 0.05) is 11.3 Å². The van der Waals surface area contributed by atoms with E-state index in [9.17, 15) is 19.2 Å². The fraction of sp³-hybridized carbons (Fsp3) is 0.217. The Morgan fingerprint density at radius 2 is 1.70 bits per heavy atom. The number of anilines is 2. The van der Waals surface area contributed by atoms with Gasteiger partial charge in [-0.25, -0.2) is 4.79 Å². The Kier molecular flexibility index (Phi) is 4.95. The second-order valence-electron chi connectivity index (χ2n) is 7.60. The van der Waals surface area contributed by atoms with E-state index in [-0.39, 0.29) is 29.2 Å². The molecule has 1 heterocycles. The molecule has 152 valence electrons. The molecule has 4 rings (SSSR count). The van der Waals surface area contributed by atoms with Gasteiger partial charge in [-0.1, -0.05) is 17.7 Å². The number of carbonyl (C=O) groups excluding carboxylic acids is 3. The number of rotatable bonds is 4. The second-order valence-corrected chi connectivity index (χ2v) is 7.60. The normalized spacial score (nSPS) is 20.6. The predicted octanol–water partition coefficient (Wildman–Crippen LogP) is 3.48. The lowest BCUT2D eigenvalue weighted by Crippen LogP contribution is -2.31. The number of hydrogen-bond acceptors (Lipinski definition) is 4. The summed E-state index contributed by atoms with van der Waals surface area (Å²) in [6.45, 7) is 1.96. The van der Waals surface area contributed by atoms with Gasteiger partial charge < -0.3 is 10.4 Å². The molecule has 0 radical (unpaired) electrons. The van der Waals surface area contributed by atoms with E-state index in [2.05, 4.69) is 5.32 Å². The van der Waals surface area contributed by atoms with Gasteiger partial charge in [-0.05, 0) is 62.2 Å². The van der Waals surface area contributed by atoms with E-state index in [4.69, 9.17) is 5.11 Å². The van der Waals surface area contributed by atoms with E-state index < -0.39 is 11.9 Å². The number of nitrogens with one attached hydrogen (secondary N) is 1. The van der Waals surface area contributed by atoms with E-state index in [1.807, 2.05) is 13.0 Å². The van der Waals surface area contributed by atoms with Crippen LogP contribution in [-0.2, 0) is 9.59 Å². The van der Waals surface area contributed by atoms with Crippen molar-refractivity contribution in [3.63, 3.8) is 0 Å². The number of carbonyl (C=O) groups is 4. The number of hydrogen-bond donors (Lipinski definition) is 2. The third-order valence-electron chi connectivity index (χ3n) is 5.58. The largest absolute Gasteiger partial charge is 0.478 e. The summed E-state index contributed by atoms with van der Waals surface area (Å²) in [7, 11) is 0. The highest BCUT2D eigenvalue weighted by Crippen LogP contribution is 2.39. The fourth-order valence-corrected chi connectivity index (χ4v) is 3.98. The summed E-state index contributed by atoms with van der Waals surface area (Å²) in [6.07, 6.45) is 3.15. The first kappa shape index (κ1) is 19.6. The van der Waals surface area contributed by atoms with Crippen LogP contribution in [-0.4, -0.2) is 28.8 Å². The molecule has 0 saturated carbocycles. The van der Waals surface area contributed by atoms with Gasteiger partial charge in [0.15, 0.2) is 0 Å². The molecular formula is C23H20N2O5. The quantitative estimate of drug-likeness (QED) is 0.600. The molecule has 0 bridgehead atoms. The van der Waals surface area contributed by atoms with Crippen molar-refractivity contribution in [2.75, 3.05) is 10.2 Å². The Hall–Kier alpha value is -3.74. The van der Waals surface area contributed by atoms with Gasteiger partial charge in [-0.3, -0.25) is 19.3 Å². The lowest BCUT2D eigenvalue weighted by atomic mass is 9.82. The molecule has 2 aromatic rings. The Morgan fingerprint density at radius 3 is 2.40 bits per heavy atom. The number of carboxylic acid groups (broad SMARTS) is 1. The van der Waals surface area contributed by atoms with E-state index in [0.29, 0.717) is 29.8 Å². The first-order valence-electron chi connectivity index (χ1n) is 9.63. The van der Waals surface area contributed by atoms with Crippen molar-refractivity contribution < 1.29 is 24.3 Å². The summed E-state index contributed by atoms with van der Waals surface area (Å²) in [5.74, 6) is -2.60. The monoisotopic (exact) mass is 404 g/mol. The summed E-state index contributed by atoms with van der Waals surface area (Å²) >= 11 is 0. The van der Waals surface area contributed by atoms with Gasteiger partial charge in [0.05, 0.1) is 23.1 Å². The number of allylic oxidation sites excluding steroid dienone is 2.